The number of carboxylic acid groups (broad SMARTS) is 1. The SMILES string of the molecule is CC(C)C(=O)N1CCC(NC(=O)NC(CCC(=O)O)Cc2ccccc2)CC1. The van der Waals surface area contributed by atoms with Crippen LogP contribution < -0.4 is 10.6 Å². The molecule has 0 saturated carbocycles. The van der Waals surface area contributed by atoms with Crippen LogP contribution in [0.1, 0.15) is 45.1 Å². The van der Waals surface area contributed by atoms with E-state index in [1.165, 1.54) is 0 Å². The molecule has 28 heavy (non-hydrogen) atoms. The van der Waals surface area contributed by atoms with Crippen LogP contribution >= 0.6 is 0 Å². The lowest BCUT2D eigenvalue weighted by molar-refractivity contribution is -0.137. The first-order valence-corrected chi connectivity index (χ1v) is 9.96. The highest BCUT2D eigenvalue weighted by Gasteiger charge is 2.25. The van der Waals surface area contributed by atoms with Crippen LogP contribution in [0.3, 0.4) is 0 Å². The average molecular weight is 389 g/mol. The lowest BCUT2D eigenvalue weighted by atomic mass is 10.0. The molecule has 0 aromatic heterocycles. The molecule has 0 radical (unpaired) electrons. The molecule has 1 atom stereocenters. The third-order valence-electron chi connectivity index (χ3n) is 5.00. The number of hydrogen-bond donors (Lipinski definition) is 3. The quantitative estimate of drug-likeness (QED) is 0.636. The molecule has 1 heterocycles. The van der Waals surface area contributed by atoms with Gasteiger partial charge in [-0.15, -0.1) is 0 Å². The van der Waals surface area contributed by atoms with Crippen molar-refractivity contribution in [3.05, 3.63) is 35.9 Å². The van der Waals surface area contributed by atoms with Gasteiger partial charge < -0.3 is 20.6 Å². The third kappa shape index (κ3) is 7.21. The summed E-state index contributed by atoms with van der Waals surface area (Å²) in [5.41, 5.74) is 1.05. The summed E-state index contributed by atoms with van der Waals surface area (Å²) < 4.78 is 0. The molecule has 1 aromatic rings. The number of piperidine rings is 1. The van der Waals surface area contributed by atoms with Crippen molar-refractivity contribution in [2.24, 2.45) is 5.92 Å². The maximum absolute atomic E-state index is 12.4. The van der Waals surface area contributed by atoms with Crippen LogP contribution in [-0.2, 0) is 16.0 Å². The summed E-state index contributed by atoms with van der Waals surface area (Å²) >= 11 is 0. The van der Waals surface area contributed by atoms with Gasteiger partial charge >= 0.3 is 12.0 Å². The van der Waals surface area contributed by atoms with E-state index in [0.29, 0.717) is 25.9 Å². The van der Waals surface area contributed by atoms with E-state index >= 15 is 0 Å². The minimum Gasteiger partial charge on any atom is -0.481 e. The van der Waals surface area contributed by atoms with Gasteiger partial charge in [0.25, 0.3) is 0 Å². The molecule has 7 nitrogen and oxygen atoms in total. The van der Waals surface area contributed by atoms with Crippen molar-refractivity contribution < 1.29 is 19.5 Å². The van der Waals surface area contributed by atoms with E-state index in [2.05, 4.69) is 10.6 Å². The summed E-state index contributed by atoms with van der Waals surface area (Å²) in [7, 11) is 0. The maximum Gasteiger partial charge on any atom is 0.315 e. The lowest BCUT2D eigenvalue weighted by Gasteiger charge is -2.33. The molecule has 1 aliphatic heterocycles. The van der Waals surface area contributed by atoms with Crippen LogP contribution in [0, 0.1) is 5.92 Å². The van der Waals surface area contributed by atoms with Gasteiger partial charge in [-0.25, -0.2) is 4.79 Å². The molecule has 0 bridgehead atoms. The monoisotopic (exact) mass is 389 g/mol. The number of rotatable bonds is 8. The highest BCUT2D eigenvalue weighted by Crippen LogP contribution is 2.14. The summed E-state index contributed by atoms with van der Waals surface area (Å²) in [6.45, 7) is 5.08. The molecule has 0 aliphatic carbocycles. The highest BCUT2D eigenvalue weighted by molar-refractivity contribution is 5.78. The van der Waals surface area contributed by atoms with E-state index in [1.807, 2.05) is 49.1 Å². The predicted octanol–water partition coefficient (Wildman–Crippen LogP) is 2.41. The van der Waals surface area contributed by atoms with Gasteiger partial charge in [0.05, 0.1) is 0 Å². The number of likely N-dealkylation sites (tertiary alicyclic amines) is 1. The van der Waals surface area contributed by atoms with Crippen LogP contribution in [0.2, 0.25) is 0 Å². The molecule has 1 aliphatic rings. The molecule has 0 spiro atoms. The van der Waals surface area contributed by atoms with Crippen LogP contribution in [0.5, 0.6) is 0 Å². The smallest absolute Gasteiger partial charge is 0.315 e. The normalized spacial score (nSPS) is 15.9. The predicted molar refractivity (Wildman–Crippen MR) is 107 cm³/mol. The number of carbonyl (C=O) groups is 3. The Balaban J connectivity index is 1.83. The lowest BCUT2D eigenvalue weighted by Crippen LogP contribution is -2.51. The number of carbonyl (C=O) groups excluding carboxylic acids is 2. The molecule has 154 valence electrons. The standard InChI is InChI=1S/C21H31N3O4/c1-15(2)20(27)24-12-10-17(11-13-24)22-21(28)23-18(8-9-19(25)26)14-16-6-4-3-5-7-16/h3-7,15,17-18H,8-14H2,1-2H3,(H,25,26)(H2,22,23,28). The van der Waals surface area contributed by atoms with Crippen molar-refractivity contribution in [3.63, 3.8) is 0 Å². The van der Waals surface area contributed by atoms with E-state index in [0.717, 1.165) is 18.4 Å². The van der Waals surface area contributed by atoms with Crippen molar-refractivity contribution in [2.45, 2.75) is 58.0 Å². The Kier molecular flexibility index (Phi) is 8.29. The Morgan fingerprint density at radius 1 is 1.14 bits per heavy atom. The van der Waals surface area contributed by atoms with E-state index in [4.69, 9.17) is 5.11 Å². The number of aliphatic carboxylic acids is 1. The Bertz CT molecular complexity index is 655. The van der Waals surface area contributed by atoms with Crippen molar-refractivity contribution in [3.8, 4) is 0 Å². The van der Waals surface area contributed by atoms with Crippen molar-refractivity contribution in [1.29, 1.82) is 0 Å². The van der Waals surface area contributed by atoms with Gasteiger partial charge in [0.15, 0.2) is 0 Å². The molecule has 1 fully saturated rings. The molecule has 3 N–H and O–H groups in total. The second-order valence-electron chi connectivity index (χ2n) is 7.69. The summed E-state index contributed by atoms with van der Waals surface area (Å²) in [4.78, 5) is 37.3. The topological polar surface area (TPSA) is 98.7 Å². The van der Waals surface area contributed by atoms with Gasteiger partial charge in [0.1, 0.15) is 0 Å². The molecule has 1 unspecified atom stereocenters. The van der Waals surface area contributed by atoms with Gasteiger partial charge in [-0.05, 0) is 31.2 Å². The fourth-order valence-electron chi connectivity index (χ4n) is 3.44. The molecule has 2 rings (SSSR count). The number of urea groups is 1. The maximum atomic E-state index is 12.4. The number of hydrogen-bond acceptors (Lipinski definition) is 3. The Hall–Kier alpha value is -2.57. The first kappa shape index (κ1) is 21.7. The van der Waals surface area contributed by atoms with E-state index < -0.39 is 5.97 Å². The molecule has 7 heteroatoms. The van der Waals surface area contributed by atoms with E-state index in [9.17, 15) is 14.4 Å². The van der Waals surface area contributed by atoms with Crippen molar-refractivity contribution in [2.75, 3.05) is 13.1 Å². The molecule has 3 amide bonds. The van der Waals surface area contributed by atoms with E-state index in [-0.39, 0.29) is 36.4 Å². The number of nitrogens with zero attached hydrogens (tertiary/aromatic N) is 1. The van der Waals surface area contributed by atoms with Crippen LogP contribution in [0.4, 0.5) is 4.79 Å². The second kappa shape index (κ2) is 10.7. The largest absolute Gasteiger partial charge is 0.481 e. The average Bonchev–Trinajstić information content (AvgIpc) is 2.66. The Morgan fingerprint density at radius 3 is 2.36 bits per heavy atom. The summed E-state index contributed by atoms with van der Waals surface area (Å²) in [6, 6.07) is 9.20. The van der Waals surface area contributed by atoms with Crippen LogP contribution in [0.15, 0.2) is 30.3 Å². The minimum absolute atomic E-state index is 0.00742. The first-order chi connectivity index (χ1) is 13.3. The number of carboxylic acids is 1. The van der Waals surface area contributed by atoms with Crippen LogP contribution in [-0.4, -0.2) is 53.1 Å². The molecular weight excluding hydrogens is 358 g/mol. The van der Waals surface area contributed by atoms with Gasteiger partial charge in [-0.3, -0.25) is 9.59 Å². The highest BCUT2D eigenvalue weighted by atomic mass is 16.4. The molecule has 1 saturated heterocycles. The Morgan fingerprint density at radius 2 is 1.79 bits per heavy atom. The van der Waals surface area contributed by atoms with Gasteiger partial charge in [-0.1, -0.05) is 44.2 Å². The number of nitrogens with one attached hydrogen (secondary N) is 2. The van der Waals surface area contributed by atoms with Gasteiger partial charge in [0.2, 0.25) is 5.91 Å². The summed E-state index contributed by atoms with van der Waals surface area (Å²) in [5, 5.41) is 14.9. The minimum atomic E-state index is -0.873. The van der Waals surface area contributed by atoms with Crippen molar-refractivity contribution >= 4 is 17.9 Å². The zero-order valence-electron chi connectivity index (χ0n) is 16.7. The second-order valence-corrected chi connectivity index (χ2v) is 7.69. The Labute approximate surface area is 166 Å². The summed E-state index contributed by atoms with van der Waals surface area (Å²) in [6.07, 6.45) is 2.42. The molecule has 1 aromatic carbocycles. The number of benzene rings is 1. The third-order valence-corrected chi connectivity index (χ3v) is 5.00. The zero-order chi connectivity index (χ0) is 20.5. The van der Waals surface area contributed by atoms with Crippen molar-refractivity contribution in [1.82, 2.24) is 15.5 Å². The van der Waals surface area contributed by atoms with Gasteiger partial charge in [-0.2, -0.15) is 0 Å². The zero-order valence-corrected chi connectivity index (χ0v) is 16.7. The summed E-state index contributed by atoms with van der Waals surface area (Å²) in [5.74, 6) is -0.734. The number of amides is 3. The fraction of sp³-hybridized carbons (Fsp3) is 0.571. The first-order valence-electron chi connectivity index (χ1n) is 9.96. The van der Waals surface area contributed by atoms with E-state index in [1.54, 1.807) is 0 Å². The molecular formula is C21H31N3O4. The van der Waals surface area contributed by atoms with Gasteiger partial charge in [0, 0.05) is 37.5 Å². The fourth-order valence-corrected chi connectivity index (χ4v) is 3.44. The van der Waals surface area contributed by atoms with Crippen LogP contribution in [0.25, 0.3) is 0 Å².